The van der Waals surface area contributed by atoms with Crippen LogP contribution in [0.5, 0.6) is 0 Å². The van der Waals surface area contributed by atoms with Crippen LogP contribution >= 0.6 is 22.9 Å². The zero-order valence-electron chi connectivity index (χ0n) is 8.81. The summed E-state index contributed by atoms with van der Waals surface area (Å²) in [5, 5.41) is 0. The fourth-order valence-corrected chi connectivity index (χ4v) is 2.63. The number of ketones is 1. The normalized spacial score (nSPS) is 12.4. The van der Waals surface area contributed by atoms with Crippen LogP contribution in [0.4, 0.5) is 0 Å². The molecule has 0 saturated carbocycles. The summed E-state index contributed by atoms with van der Waals surface area (Å²) >= 11 is 7.16. The number of Topliss-reactive ketones (excluding diaryl/α,β-unsaturated/α-hetero) is 1. The maximum absolute atomic E-state index is 12.1. The molecule has 0 radical (unpaired) electrons. The number of carbonyl (C=O) groups is 1. The van der Waals surface area contributed by atoms with Crippen molar-refractivity contribution in [1.82, 2.24) is 0 Å². The number of hydrogen-bond acceptors (Lipinski definition) is 2. The molecular formula is C13H11ClOS. The molecular weight excluding hydrogens is 240 g/mol. The van der Waals surface area contributed by atoms with Gasteiger partial charge in [0, 0.05) is 5.92 Å². The molecule has 0 N–H and O–H groups in total. The van der Waals surface area contributed by atoms with Gasteiger partial charge < -0.3 is 0 Å². The molecule has 0 saturated heterocycles. The highest BCUT2D eigenvalue weighted by atomic mass is 35.5. The molecule has 1 atom stereocenters. The van der Waals surface area contributed by atoms with Crippen molar-refractivity contribution >= 4 is 28.7 Å². The fraction of sp³-hybridized carbons (Fsp3) is 0.154. The highest BCUT2D eigenvalue weighted by Gasteiger charge is 2.18. The highest BCUT2D eigenvalue weighted by molar-refractivity contribution is 7.18. The Balaban J connectivity index is 2.23. The van der Waals surface area contributed by atoms with Crippen molar-refractivity contribution in [3.05, 3.63) is 57.2 Å². The third kappa shape index (κ3) is 2.34. The van der Waals surface area contributed by atoms with Gasteiger partial charge in [0.25, 0.3) is 0 Å². The van der Waals surface area contributed by atoms with Gasteiger partial charge in [0.15, 0.2) is 5.78 Å². The van der Waals surface area contributed by atoms with Crippen LogP contribution in [0, 0.1) is 0 Å². The van der Waals surface area contributed by atoms with E-state index in [-0.39, 0.29) is 11.7 Å². The molecule has 2 aromatic rings. The Morgan fingerprint density at radius 3 is 2.44 bits per heavy atom. The lowest BCUT2D eigenvalue weighted by Gasteiger charge is -2.08. The van der Waals surface area contributed by atoms with Crippen LogP contribution in [0.15, 0.2) is 42.5 Å². The van der Waals surface area contributed by atoms with Gasteiger partial charge in [-0.25, -0.2) is 0 Å². The Hall–Kier alpha value is -1.12. The van der Waals surface area contributed by atoms with Crippen LogP contribution in [-0.4, -0.2) is 5.78 Å². The number of benzene rings is 1. The molecule has 16 heavy (non-hydrogen) atoms. The number of rotatable bonds is 3. The first-order valence-electron chi connectivity index (χ1n) is 5.03. The van der Waals surface area contributed by atoms with E-state index >= 15 is 0 Å². The van der Waals surface area contributed by atoms with E-state index in [0.29, 0.717) is 4.34 Å². The molecule has 0 bridgehead atoms. The Morgan fingerprint density at radius 1 is 1.19 bits per heavy atom. The number of thiophene rings is 1. The van der Waals surface area contributed by atoms with Crippen LogP contribution in [0.1, 0.15) is 28.1 Å². The summed E-state index contributed by atoms with van der Waals surface area (Å²) in [6, 6.07) is 13.3. The van der Waals surface area contributed by atoms with Gasteiger partial charge >= 0.3 is 0 Å². The number of carbonyl (C=O) groups excluding carboxylic acids is 1. The quantitative estimate of drug-likeness (QED) is 0.739. The average molecular weight is 251 g/mol. The van der Waals surface area contributed by atoms with Crippen molar-refractivity contribution in [3.63, 3.8) is 0 Å². The SMILES string of the molecule is CC(C(=O)c1ccc(Cl)s1)c1ccccc1. The zero-order valence-corrected chi connectivity index (χ0v) is 10.4. The lowest BCUT2D eigenvalue weighted by atomic mass is 9.96. The van der Waals surface area contributed by atoms with Gasteiger partial charge in [-0.15, -0.1) is 11.3 Å². The second-order valence-corrected chi connectivity index (χ2v) is 5.32. The highest BCUT2D eigenvalue weighted by Crippen LogP contribution is 2.27. The van der Waals surface area contributed by atoms with E-state index in [1.54, 1.807) is 12.1 Å². The molecule has 0 spiro atoms. The van der Waals surface area contributed by atoms with Crippen LogP contribution in [0.3, 0.4) is 0 Å². The monoisotopic (exact) mass is 250 g/mol. The van der Waals surface area contributed by atoms with Crippen molar-refractivity contribution < 1.29 is 4.79 Å². The second-order valence-electron chi connectivity index (χ2n) is 3.60. The van der Waals surface area contributed by atoms with Crippen LogP contribution in [0.2, 0.25) is 4.34 Å². The Morgan fingerprint density at radius 2 is 1.88 bits per heavy atom. The van der Waals surface area contributed by atoms with Gasteiger partial charge in [-0.3, -0.25) is 4.79 Å². The molecule has 82 valence electrons. The summed E-state index contributed by atoms with van der Waals surface area (Å²) < 4.78 is 0.656. The first-order valence-corrected chi connectivity index (χ1v) is 6.22. The summed E-state index contributed by atoms with van der Waals surface area (Å²) in [6.07, 6.45) is 0. The maximum atomic E-state index is 12.1. The molecule has 0 aliphatic heterocycles. The van der Waals surface area contributed by atoms with Gasteiger partial charge in [0.2, 0.25) is 0 Å². The molecule has 1 unspecified atom stereocenters. The zero-order chi connectivity index (χ0) is 11.5. The van der Waals surface area contributed by atoms with E-state index < -0.39 is 0 Å². The topological polar surface area (TPSA) is 17.1 Å². The second kappa shape index (κ2) is 4.81. The van der Waals surface area contributed by atoms with Crippen molar-refractivity contribution in [2.24, 2.45) is 0 Å². The van der Waals surface area contributed by atoms with E-state index in [9.17, 15) is 4.79 Å². The minimum Gasteiger partial charge on any atom is -0.293 e. The van der Waals surface area contributed by atoms with Gasteiger partial charge in [0.05, 0.1) is 9.21 Å². The Bertz CT molecular complexity index is 490. The largest absolute Gasteiger partial charge is 0.293 e. The molecule has 1 nitrogen and oxygen atoms in total. The van der Waals surface area contributed by atoms with Crippen molar-refractivity contribution in [2.45, 2.75) is 12.8 Å². The summed E-state index contributed by atoms with van der Waals surface area (Å²) in [6.45, 7) is 1.92. The predicted molar refractivity (Wildman–Crippen MR) is 68.5 cm³/mol. The minimum absolute atomic E-state index is 0.115. The van der Waals surface area contributed by atoms with Gasteiger partial charge in [-0.1, -0.05) is 48.9 Å². The van der Waals surface area contributed by atoms with E-state index in [0.717, 1.165) is 10.4 Å². The molecule has 0 fully saturated rings. The third-order valence-corrected chi connectivity index (χ3v) is 3.75. The fourth-order valence-electron chi connectivity index (χ4n) is 1.55. The summed E-state index contributed by atoms with van der Waals surface area (Å²) in [7, 11) is 0. The molecule has 0 amide bonds. The van der Waals surface area contributed by atoms with Crippen molar-refractivity contribution in [3.8, 4) is 0 Å². The van der Waals surface area contributed by atoms with Gasteiger partial charge in [0.1, 0.15) is 0 Å². The van der Waals surface area contributed by atoms with E-state index in [1.165, 1.54) is 11.3 Å². The van der Waals surface area contributed by atoms with Crippen LogP contribution in [-0.2, 0) is 0 Å². The maximum Gasteiger partial charge on any atom is 0.179 e. The van der Waals surface area contributed by atoms with Crippen LogP contribution in [0.25, 0.3) is 0 Å². The summed E-state index contributed by atoms with van der Waals surface area (Å²) in [5.41, 5.74) is 1.04. The molecule has 3 heteroatoms. The molecule has 1 heterocycles. The summed E-state index contributed by atoms with van der Waals surface area (Å²) in [5.74, 6) is 0.0130. The first kappa shape index (κ1) is 11.4. The van der Waals surface area contributed by atoms with E-state index in [2.05, 4.69) is 0 Å². The van der Waals surface area contributed by atoms with Crippen molar-refractivity contribution in [2.75, 3.05) is 0 Å². The number of halogens is 1. The molecule has 0 aliphatic rings. The number of hydrogen-bond donors (Lipinski definition) is 0. The lowest BCUT2D eigenvalue weighted by molar-refractivity contribution is 0.0970. The average Bonchev–Trinajstić information content (AvgIpc) is 2.75. The Labute approximate surface area is 104 Å². The molecule has 1 aromatic heterocycles. The predicted octanol–water partition coefficient (Wildman–Crippen LogP) is 4.39. The van der Waals surface area contributed by atoms with E-state index in [4.69, 9.17) is 11.6 Å². The lowest BCUT2D eigenvalue weighted by Crippen LogP contribution is -2.07. The Kier molecular flexibility index (Phi) is 3.42. The summed E-state index contributed by atoms with van der Waals surface area (Å²) in [4.78, 5) is 12.8. The molecule has 2 rings (SSSR count). The standard InChI is InChI=1S/C13H11ClOS/c1-9(10-5-3-2-4-6-10)13(15)11-7-8-12(14)16-11/h2-9H,1H3. The van der Waals surface area contributed by atoms with E-state index in [1.807, 2.05) is 37.3 Å². The molecule has 1 aromatic carbocycles. The third-order valence-electron chi connectivity index (χ3n) is 2.51. The first-order chi connectivity index (χ1) is 7.68. The minimum atomic E-state index is -0.115. The smallest absolute Gasteiger partial charge is 0.179 e. The van der Waals surface area contributed by atoms with Gasteiger partial charge in [-0.05, 0) is 17.7 Å². The van der Waals surface area contributed by atoms with Crippen molar-refractivity contribution in [1.29, 1.82) is 0 Å². The van der Waals surface area contributed by atoms with Gasteiger partial charge in [-0.2, -0.15) is 0 Å². The van der Waals surface area contributed by atoms with Crippen LogP contribution < -0.4 is 0 Å². The molecule has 0 aliphatic carbocycles.